The van der Waals surface area contributed by atoms with E-state index in [1.807, 2.05) is 0 Å². The minimum atomic E-state index is -0.743. The molecule has 4 aromatic rings. The van der Waals surface area contributed by atoms with Gasteiger partial charge in [-0.2, -0.15) is 5.10 Å². The van der Waals surface area contributed by atoms with Gasteiger partial charge in [-0.3, -0.25) is 9.59 Å². The fourth-order valence-electron chi connectivity index (χ4n) is 3.23. The summed E-state index contributed by atoms with van der Waals surface area (Å²) in [4.78, 5) is 29.6. The van der Waals surface area contributed by atoms with Crippen LogP contribution in [0.4, 0.5) is 4.39 Å². The van der Waals surface area contributed by atoms with Gasteiger partial charge in [0, 0.05) is 19.2 Å². The van der Waals surface area contributed by atoms with E-state index < -0.39 is 17.2 Å². The fourth-order valence-corrected chi connectivity index (χ4v) is 3.23. The summed E-state index contributed by atoms with van der Waals surface area (Å²) in [6, 6.07) is 8.35. The van der Waals surface area contributed by atoms with Crippen LogP contribution in [0.25, 0.3) is 22.6 Å². The van der Waals surface area contributed by atoms with Crippen molar-refractivity contribution >= 4 is 16.9 Å². The number of nitrogens with zero attached hydrogens (tertiary/aromatic N) is 3. The van der Waals surface area contributed by atoms with Crippen LogP contribution in [0.1, 0.15) is 22.8 Å². The molecular formula is C23H21FN4O6. The second-order valence-corrected chi connectivity index (χ2v) is 7.18. The van der Waals surface area contributed by atoms with E-state index in [0.29, 0.717) is 12.2 Å². The third kappa shape index (κ3) is 4.59. The molecule has 2 N–H and O–H groups in total. The third-order valence-electron chi connectivity index (χ3n) is 4.91. The summed E-state index contributed by atoms with van der Waals surface area (Å²) in [7, 11) is 1.62. The Morgan fingerprint density at radius 1 is 1.21 bits per heavy atom. The van der Waals surface area contributed by atoms with Crippen molar-refractivity contribution in [2.45, 2.75) is 13.5 Å². The van der Waals surface area contributed by atoms with Gasteiger partial charge >= 0.3 is 0 Å². The monoisotopic (exact) mass is 468 g/mol. The van der Waals surface area contributed by atoms with Crippen LogP contribution in [-0.4, -0.2) is 34.1 Å². The number of amides is 1. The van der Waals surface area contributed by atoms with E-state index in [9.17, 15) is 14.0 Å². The minimum Gasteiger partial charge on any atom is -0.488 e. The summed E-state index contributed by atoms with van der Waals surface area (Å²) in [5.74, 6) is -1.01. The van der Waals surface area contributed by atoms with Crippen molar-refractivity contribution in [1.82, 2.24) is 14.8 Å². The number of carbonyl (C=O) groups is 1. The van der Waals surface area contributed by atoms with Crippen molar-refractivity contribution in [3.05, 3.63) is 69.9 Å². The molecule has 0 bridgehead atoms. The van der Waals surface area contributed by atoms with Crippen LogP contribution in [0.5, 0.6) is 11.5 Å². The van der Waals surface area contributed by atoms with Gasteiger partial charge in [0.05, 0.1) is 0 Å². The van der Waals surface area contributed by atoms with Gasteiger partial charge in [-0.15, -0.1) is 0 Å². The summed E-state index contributed by atoms with van der Waals surface area (Å²) in [6.07, 6.45) is 1.29. The zero-order valence-corrected chi connectivity index (χ0v) is 18.4. The molecule has 0 saturated carbocycles. The molecule has 34 heavy (non-hydrogen) atoms. The molecule has 0 spiro atoms. The Kier molecular flexibility index (Phi) is 6.55. The molecule has 2 heterocycles. The molecule has 11 heteroatoms. The van der Waals surface area contributed by atoms with Crippen LogP contribution in [0, 0.1) is 5.82 Å². The standard InChI is InChI=1S/C23H21FN4O6/c1-3-31-12-33-20-19(29)18-16(32-10-13-4-6-15(24)7-5-13)8-14(22(25)30)9-17(18)34-21(20)23-26-11-27-28(23)2/h4-9,11H,3,10,12H2,1-2H3,(H2,25,30). The van der Waals surface area contributed by atoms with E-state index in [4.69, 9.17) is 24.4 Å². The number of carbonyl (C=O) groups excluding carboxylic acids is 1. The lowest BCUT2D eigenvalue weighted by Crippen LogP contribution is -2.16. The molecule has 4 rings (SSSR count). The molecular weight excluding hydrogens is 447 g/mol. The molecule has 0 unspecified atom stereocenters. The predicted octanol–water partition coefficient (Wildman–Crippen LogP) is 2.78. The van der Waals surface area contributed by atoms with Crippen LogP contribution in [0.15, 0.2) is 51.9 Å². The number of rotatable bonds is 9. The molecule has 2 aromatic heterocycles. The Balaban J connectivity index is 1.89. The second-order valence-electron chi connectivity index (χ2n) is 7.18. The zero-order chi connectivity index (χ0) is 24.2. The maximum absolute atomic E-state index is 13.6. The number of hydrogen-bond donors (Lipinski definition) is 1. The summed E-state index contributed by atoms with van der Waals surface area (Å²) < 4.78 is 37.3. The first-order valence-corrected chi connectivity index (χ1v) is 10.3. The lowest BCUT2D eigenvalue weighted by molar-refractivity contribution is 0.0212. The first-order chi connectivity index (χ1) is 16.4. The lowest BCUT2D eigenvalue weighted by atomic mass is 10.1. The fraction of sp³-hybridized carbons (Fsp3) is 0.217. The minimum absolute atomic E-state index is 0.00277. The number of primary amides is 1. The van der Waals surface area contributed by atoms with E-state index in [0.717, 1.165) is 0 Å². The lowest BCUT2D eigenvalue weighted by Gasteiger charge is -2.14. The van der Waals surface area contributed by atoms with E-state index in [1.54, 1.807) is 26.1 Å². The Morgan fingerprint density at radius 3 is 2.62 bits per heavy atom. The summed E-state index contributed by atoms with van der Waals surface area (Å²) in [5.41, 5.74) is 5.66. The Morgan fingerprint density at radius 2 is 1.97 bits per heavy atom. The van der Waals surface area contributed by atoms with Crippen molar-refractivity contribution in [3.8, 4) is 23.1 Å². The maximum atomic E-state index is 13.6. The molecule has 0 aliphatic rings. The topological polar surface area (TPSA) is 132 Å². The van der Waals surface area contributed by atoms with Crippen molar-refractivity contribution in [1.29, 1.82) is 0 Å². The highest BCUT2D eigenvalue weighted by atomic mass is 19.1. The zero-order valence-electron chi connectivity index (χ0n) is 18.4. The smallest absolute Gasteiger partial charge is 0.248 e. The highest BCUT2D eigenvalue weighted by Gasteiger charge is 2.24. The largest absolute Gasteiger partial charge is 0.488 e. The van der Waals surface area contributed by atoms with Gasteiger partial charge in [-0.05, 0) is 36.8 Å². The van der Waals surface area contributed by atoms with E-state index in [2.05, 4.69) is 10.1 Å². The average Bonchev–Trinajstić information content (AvgIpc) is 3.25. The van der Waals surface area contributed by atoms with Gasteiger partial charge in [0.15, 0.2) is 12.6 Å². The number of ether oxygens (including phenoxy) is 3. The number of nitrogens with two attached hydrogens (primary N) is 1. The number of hydrogen-bond acceptors (Lipinski definition) is 8. The van der Waals surface area contributed by atoms with Crippen LogP contribution in [-0.2, 0) is 18.4 Å². The number of aromatic nitrogens is 3. The molecule has 0 saturated heterocycles. The Labute approximate surface area is 192 Å². The quantitative estimate of drug-likeness (QED) is 0.293. The SMILES string of the molecule is CCOCOc1c(-c2ncnn2C)oc2cc(C(N)=O)cc(OCc3ccc(F)cc3)c2c1=O. The molecule has 0 fully saturated rings. The highest BCUT2D eigenvalue weighted by Crippen LogP contribution is 2.34. The van der Waals surface area contributed by atoms with Crippen LogP contribution >= 0.6 is 0 Å². The van der Waals surface area contributed by atoms with Gasteiger partial charge in [0.1, 0.15) is 35.5 Å². The number of fused-ring (bicyclic) bond motifs is 1. The number of benzene rings is 2. The van der Waals surface area contributed by atoms with Crippen molar-refractivity contribution < 1.29 is 27.8 Å². The van der Waals surface area contributed by atoms with Crippen molar-refractivity contribution in [2.75, 3.05) is 13.4 Å². The Bertz CT molecular complexity index is 1400. The number of halogens is 1. The molecule has 10 nitrogen and oxygen atoms in total. The molecule has 0 radical (unpaired) electrons. The molecule has 0 aliphatic heterocycles. The normalized spacial score (nSPS) is 11.0. The van der Waals surface area contributed by atoms with Crippen molar-refractivity contribution in [3.63, 3.8) is 0 Å². The van der Waals surface area contributed by atoms with Gasteiger partial charge in [0.2, 0.25) is 22.8 Å². The summed E-state index contributed by atoms with van der Waals surface area (Å²) >= 11 is 0. The van der Waals surface area contributed by atoms with Crippen LogP contribution < -0.4 is 20.6 Å². The van der Waals surface area contributed by atoms with Gasteiger partial charge in [-0.25, -0.2) is 14.1 Å². The average molecular weight is 468 g/mol. The van der Waals surface area contributed by atoms with Gasteiger partial charge in [-0.1, -0.05) is 12.1 Å². The number of aryl methyl sites for hydroxylation is 1. The molecule has 176 valence electrons. The van der Waals surface area contributed by atoms with Gasteiger partial charge in [0.25, 0.3) is 0 Å². The van der Waals surface area contributed by atoms with E-state index in [1.165, 1.54) is 35.3 Å². The highest BCUT2D eigenvalue weighted by molar-refractivity contribution is 5.99. The third-order valence-corrected chi connectivity index (χ3v) is 4.91. The summed E-state index contributed by atoms with van der Waals surface area (Å²) in [6.45, 7) is 1.94. The predicted molar refractivity (Wildman–Crippen MR) is 119 cm³/mol. The summed E-state index contributed by atoms with van der Waals surface area (Å²) in [5, 5.41) is 4.04. The molecule has 2 aromatic carbocycles. The van der Waals surface area contributed by atoms with Gasteiger partial charge < -0.3 is 24.4 Å². The first kappa shape index (κ1) is 22.9. The second kappa shape index (κ2) is 9.71. The van der Waals surface area contributed by atoms with E-state index in [-0.39, 0.29) is 53.0 Å². The Hall–Kier alpha value is -4.25. The van der Waals surface area contributed by atoms with Crippen molar-refractivity contribution in [2.24, 2.45) is 12.8 Å². The molecule has 1 amide bonds. The molecule has 0 atom stereocenters. The molecule has 0 aliphatic carbocycles. The van der Waals surface area contributed by atoms with Crippen LogP contribution in [0.2, 0.25) is 0 Å². The first-order valence-electron chi connectivity index (χ1n) is 10.3. The van der Waals surface area contributed by atoms with E-state index >= 15 is 0 Å². The van der Waals surface area contributed by atoms with Crippen LogP contribution in [0.3, 0.4) is 0 Å². The maximum Gasteiger partial charge on any atom is 0.248 e.